The molecule has 0 unspecified atom stereocenters. The maximum absolute atomic E-state index is 12.2. The number of terminal acetylenes is 1. The van der Waals surface area contributed by atoms with Gasteiger partial charge in [0, 0.05) is 37.2 Å². The number of rotatable bonds is 8. The number of esters is 1. The molecule has 3 rings (SSSR count). The molecule has 0 aromatic heterocycles. The molecule has 7 heteroatoms. The molecule has 2 aliphatic rings. The summed E-state index contributed by atoms with van der Waals surface area (Å²) < 4.78 is 10.7. The van der Waals surface area contributed by atoms with Gasteiger partial charge >= 0.3 is 5.97 Å². The zero-order valence-corrected chi connectivity index (χ0v) is 15.5. The van der Waals surface area contributed by atoms with E-state index >= 15 is 0 Å². The van der Waals surface area contributed by atoms with Crippen LogP contribution in [0.5, 0.6) is 5.75 Å². The van der Waals surface area contributed by atoms with Crippen molar-refractivity contribution in [1.29, 1.82) is 0 Å². The van der Waals surface area contributed by atoms with Crippen LogP contribution in [0, 0.1) is 12.3 Å². The number of amides is 1. The second-order valence-electron chi connectivity index (χ2n) is 6.88. The van der Waals surface area contributed by atoms with Crippen LogP contribution in [0.15, 0.2) is 28.4 Å². The summed E-state index contributed by atoms with van der Waals surface area (Å²) in [7, 11) is 1.35. The molecule has 7 nitrogen and oxygen atoms in total. The molecule has 0 bridgehead atoms. The number of carbonyl (C=O) groups excluding carboxylic acids is 2. The Kier molecular flexibility index (Phi) is 5.45. The Morgan fingerprint density at radius 1 is 1.37 bits per heavy atom. The smallest absolute Gasteiger partial charge is 0.337 e. The van der Waals surface area contributed by atoms with E-state index in [1.807, 2.05) is 6.92 Å². The molecule has 1 aromatic carbocycles. The van der Waals surface area contributed by atoms with Gasteiger partial charge in [0.15, 0.2) is 5.66 Å². The Bertz CT molecular complexity index is 806. The quantitative estimate of drug-likeness (QED) is 0.564. The second kappa shape index (κ2) is 7.78. The van der Waals surface area contributed by atoms with Crippen LogP contribution in [-0.2, 0) is 9.53 Å². The van der Waals surface area contributed by atoms with Gasteiger partial charge in [0.05, 0.1) is 19.2 Å². The molecule has 0 spiro atoms. The summed E-state index contributed by atoms with van der Waals surface area (Å²) in [5.41, 5.74) is 0.994. The van der Waals surface area contributed by atoms with Crippen LogP contribution in [0.4, 0.5) is 0 Å². The second-order valence-corrected chi connectivity index (χ2v) is 6.88. The van der Waals surface area contributed by atoms with E-state index in [2.05, 4.69) is 21.5 Å². The molecule has 0 saturated heterocycles. The highest BCUT2D eigenvalue weighted by molar-refractivity contribution is 5.89. The summed E-state index contributed by atoms with van der Waals surface area (Å²) in [4.78, 5) is 23.9. The van der Waals surface area contributed by atoms with Crippen molar-refractivity contribution in [2.24, 2.45) is 10.2 Å². The van der Waals surface area contributed by atoms with Crippen LogP contribution in [0.3, 0.4) is 0 Å². The first kappa shape index (κ1) is 18.9. The summed E-state index contributed by atoms with van der Waals surface area (Å²) in [6.07, 6.45) is 7.31. The molecule has 2 atom stereocenters. The van der Waals surface area contributed by atoms with E-state index in [0.717, 1.165) is 11.3 Å². The number of nitrogens with zero attached hydrogens (tertiary/aromatic N) is 2. The number of fused-ring (bicyclic) bond motifs is 1. The highest BCUT2D eigenvalue weighted by Gasteiger charge is 2.39. The summed E-state index contributed by atoms with van der Waals surface area (Å²) >= 11 is 0. The van der Waals surface area contributed by atoms with E-state index in [-0.39, 0.29) is 23.9 Å². The minimum atomic E-state index is -0.443. The summed E-state index contributed by atoms with van der Waals surface area (Å²) in [6.45, 7) is 2.41. The Morgan fingerprint density at radius 2 is 2.15 bits per heavy atom. The minimum Gasteiger partial charge on any atom is -0.488 e. The lowest BCUT2D eigenvalue weighted by molar-refractivity contribution is -0.121. The number of methoxy groups -OCH3 is 1. The van der Waals surface area contributed by atoms with Crippen LogP contribution >= 0.6 is 0 Å². The van der Waals surface area contributed by atoms with E-state index in [1.165, 1.54) is 7.11 Å². The van der Waals surface area contributed by atoms with E-state index in [4.69, 9.17) is 15.9 Å². The van der Waals surface area contributed by atoms with Gasteiger partial charge in [-0.3, -0.25) is 4.79 Å². The fourth-order valence-corrected chi connectivity index (χ4v) is 3.22. The van der Waals surface area contributed by atoms with Crippen molar-refractivity contribution >= 4 is 11.9 Å². The summed E-state index contributed by atoms with van der Waals surface area (Å²) in [6, 6.07) is 5.24. The molecule has 0 saturated carbocycles. The molecular weight excluding hydrogens is 346 g/mol. The largest absolute Gasteiger partial charge is 0.488 e. The number of hydrogen-bond acceptors (Lipinski definition) is 6. The predicted octanol–water partition coefficient (Wildman–Crippen LogP) is 2.81. The van der Waals surface area contributed by atoms with Crippen molar-refractivity contribution in [1.82, 2.24) is 5.32 Å². The van der Waals surface area contributed by atoms with Crippen molar-refractivity contribution in [2.75, 3.05) is 13.7 Å². The third-order valence-electron chi connectivity index (χ3n) is 5.06. The highest BCUT2D eigenvalue weighted by atomic mass is 16.5. The van der Waals surface area contributed by atoms with Gasteiger partial charge in [-0.1, -0.05) is 6.92 Å². The predicted molar refractivity (Wildman–Crippen MR) is 98.5 cm³/mol. The summed E-state index contributed by atoms with van der Waals surface area (Å²) in [5.74, 6) is 2.93. The zero-order valence-electron chi connectivity index (χ0n) is 15.5. The first-order chi connectivity index (χ1) is 13.0. The van der Waals surface area contributed by atoms with Gasteiger partial charge in [0.1, 0.15) is 11.9 Å². The highest BCUT2D eigenvalue weighted by Crippen LogP contribution is 2.39. The van der Waals surface area contributed by atoms with Gasteiger partial charge < -0.3 is 14.8 Å². The topological polar surface area (TPSA) is 89.3 Å². The van der Waals surface area contributed by atoms with Crippen LogP contribution in [0.2, 0.25) is 0 Å². The first-order valence-electron chi connectivity index (χ1n) is 9.01. The molecule has 0 fully saturated rings. The Hall–Kier alpha value is -2.88. The fraction of sp³-hybridized carbons (Fsp3) is 0.500. The minimum absolute atomic E-state index is 0.0558. The maximum atomic E-state index is 12.2. The molecule has 0 aliphatic carbocycles. The monoisotopic (exact) mass is 369 g/mol. The Morgan fingerprint density at radius 3 is 2.81 bits per heavy atom. The van der Waals surface area contributed by atoms with Crippen molar-refractivity contribution in [2.45, 2.75) is 50.3 Å². The van der Waals surface area contributed by atoms with Crippen LogP contribution in [0.25, 0.3) is 0 Å². The molecule has 142 valence electrons. The molecular formula is C20H23N3O4. The Balaban J connectivity index is 1.48. The van der Waals surface area contributed by atoms with Gasteiger partial charge in [-0.2, -0.15) is 10.2 Å². The van der Waals surface area contributed by atoms with Gasteiger partial charge in [-0.05, 0) is 18.2 Å². The van der Waals surface area contributed by atoms with E-state index in [0.29, 0.717) is 37.8 Å². The number of benzene rings is 1. The third kappa shape index (κ3) is 4.27. The van der Waals surface area contributed by atoms with Crippen molar-refractivity contribution in [3.8, 4) is 18.1 Å². The lowest BCUT2D eigenvalue weighted by Gasteiger charge is -2.16. The van der Waals surface area contributed by atoms with Crippen molar-refractivity contribution < 1.29 is 19.1 Å². The average molecular weight is 369 g/mol. The zero-order chi connectivity index (χ0) is 19.4. The lowest BCUT2D eigenvalue weighted by atomic mass is 9.96. The molecule has 1 amide bonds. The van der Waals surface area contributed by atoms with Gasteiger partial charge in [-0.25, -0.2) is 4.79 Å². The standard InChI is InChI=1S/C20H23N3O4/c1-4-5-9-20(22-23-20)10-8-18(24)21-12-17-13(2)15-11-14(19(25)26-3)6-7-16(15)27-17/h1,6-7,11,13,17H,5,8-10,12H2,2-3H3,(H,21,24)/t13-,17-/m0/s1. The van der Waals surface area contributed by atoms with Gasteiger partial charge in [-0.15, -0.1) is 12.3 Å². The van der Waals surface area contributed by atoms with Crippen LogP contribution in [0.1, 0.15) is 54.4 Å². The van der Waals surface area contributed by atoms with Crippen molar-refractivity contribution in [3.63, 3.8) is 0 Å². The molecule has 27 heavy (non-hydrogen) atoms. The number of nitrogens with one attached hydrogen (secondary N) is 1. The van der Waals surface area contributed by atoms with Crippen LogP contribution < -0.4 is 10.1 Å². The lowest BCUT2D eigenvalue weighted by Crippen LogP contribution is -2.36. The fourth-order valence-electron chi connectivity index (χ4n) is 3.22. The molecule has 1 N–H and O–H groups in total. The van der Waals surface area contributed by atoms with E-state index in [1.54, 1.807) is 18.2 Å². The number of carbonyl (C=O) groups is 2. The SMILES string of the molecule is C#CCCC1(CCC(=O)NC[C@@H]2Oc3ccc(C(=O)OC)cc3[C@@H]2C)N=N1. The summed E-state index contributed by atoms with van der Waals surface area (Å²) in [5, 5.41) is 11.0. The first-order valence-corrected chi connectivity index (χ1v) is 9.01. The van der Waals surface area contributed by atoms with Gasteiger partial charge in [0.2, 0.25) is 5.91 Å². The van der Waals surface area contributed by atoms with E-state index in [9.17, 15) is 9.59 Å². The average Bonchev–Trinajstić information content (AvgIpc) is 3.40. The van der Waals surface area contributed by atoms with Crippen LogP contribution in [-0.4, -0.2) is 37.3 Å². The normalized spacial score (nSPS) is 20.9. The number of ether oxygens (including phenoxy) is 2. The molecule has 0 radical (unpaired) electrons. The molecule has 2 aliphatic heterocycles. The number of hydrogen-bond donors (Lipinski definition) is 1. The molecule has 2 heterocycles. The maximum Gasteiger partial charge on any atom is 0.337 e. The van der Waals surface area contributed by atoms with Gasteiger partial charge in [0.25, 0.3) is 0 Å². The van der Waals surface area contributed by atoms with E-state index < -0.39 is 5.66 Å². The molecule has 1 aromatic rings. The Labute approximate surface area is 158 Å². The third-order valence-corrected chi connectivity index (χ3v) is 5.06. The van der Waals surface area contributed by atoms with Crippen molar-refractivity contribution in [3.05, 3.63) is 29.3 Å².